The van der Waals surface area contributed by atoms with E-state index in [2.05, 4.69) is 6.07 Å². The first kappa shape index (κ1) is 12.6. The molecule has 0 aliphatic heterocycles. The maximum atomic E-state index is 9.92. The molecular formula is C14H14N2O2. The highest BCUT2D eigenvalue weighted by molar-refractivity contribution is 5.41. The maximum Gasteiger partial charge on any atom is 0.106 e. The van der Waals surface area contributed by atoms with E-state index in [0.717, 1.165) is 18.4 Å². The number of hydrogen-bond acceptors (Lipinski definition) is 4. The molecule has 1 aromatic carbocycles. The van der Waals surface area contributed by atoms with Crippen molar-refractivity contribution < 1.29 is 10.2 Å². The van der Waals surface area contributed by atoms with Crippen molar-refractivity contribution in [2.45, 2.75) is 36.9 Å². The number of benzene rings is 1. The molecule has 1 saturated carbocycles. The van der Waals surface area contributed by atoms with Gasteiger partial charge in [0, 0.05) is 0 Å². The Hall–Kier alpha value is -1.88. The molecule has 0 amide bonds. The number of nitrogens with zero attached hydrogens (tertiary/aromatic N) is 2. The summed E-state index contributed by atoms with van der Waals surface area (Å²) in [6, 6.07) is 11.2. The summed E-state index contributed by atoms with van der Waals surface area (Å²) >= 11 is 0. The molecule has 18 heavy (non-hydrogen) atoms. The van der Waals surface area contributed by atoms with Gasteiger partial charge in [-0.05, 0) is 24.0 Å². The zero-order chi connectivity index (χ0) is 13.2. The summed E-state index contributed by atoms with van der Waals surface area (Å²) in [7, 11) is 0. The summed E-state index contributed by atoms with van der Waals surface area (Å²) in [6.07, 6.45) is -0.621. The summed E-state index contributed by atoms with van der Waals surface area (Å²) in [5, 5.41) is 37.1. The minimum absolute atomic E-state index is 0.116. The minimum Gasteiger partial charge on any atom is -0.389 e. The van der Waals surface area contributed by atoms with E-state index < -0.39 is 17.6 Å². The molecule has 0 radical (unpaired) electrons. The Morgan fingerprint density at radius 3 is 2.56 bits per heavy atom. The lowest BCUT2D eigenvalue weighted by Crippen LogP contribution is -2.18. The van der Waals surface area contributed by atoms with Crippen LogP contribution in [-0.4, -0.2) is 16.3 Å². The third-order valence-corrected chi connectivity index (χ3v) is 3.41. The average molecular weight is 242 g/mol. The molecule has 2 rings (SSSR count). The molecule has 4 heteroatoms. The first-order valence-corrected chi connectivity index (χ1v) is 5.88. The van der Waals surface area contributed by atoms with Gasteiger partial charge in [-0.1, -0.05) is 24.3 Å². The first-order chi connectivity index (χ1) is 8.63. The molecule has 2 N–H and O–H groups in total. The Morgan fingerprint density at radius 1 is 1.28 bits per heavy atom. The van der Waals surface area contributed by atoms with E-state index in [1.54, 1.807) is 18.2 Å². The molecule has 0 spiro atoms. The third-order valence-electron chi connectivity index (χ3n) is 3.41. The third kappa shape index (κ3) is 2.22. The van der Waals surface area contributed by atoms with Gasteiger partial charge in [0.25, 0.3) is 0 Å². The predicted molar refractivity (Wildman–Crippen MR) is 64.2 cm³/mol. The van der Waals surface area contributed by atoms with Crippen molar-refractivity contribution in [2.75, 3.05) is 0 Å². The van der Waals surface area contributed by atoms with Crippen LogP contribution in [0.4, 0.5) is 0 Å². The zero-order valence-corrected chi connectivity index (χ0v) is 9.87. The molecule has 1 fully saturated rings. The minimum atomic E-state index is -1.09. The van der Waals surface area contributed by atoms with Crippen molar-refractivity contribution in [1.29, 1.82) is 10.5 Å². The van der Waals surface area contributed by atoms with Crippen LogP contribution in [-0.2, 0) is 5.41 Å². The van der Waals surface area contributed by atoms with Gasteiger partial charge in [-0.15, -0.1) is 0 Å². The summed E-state index contributed by atoms with van der Waals surface area (Å²) in [6.45, 7) is 0. The lowest BCUT2D eigenvalue weighted by Gasteiger charge is -2.17. The van der Waals surface area contributed by atoms with Crippen LogP contribution >= 0.6 is 0 Å². The highest BCUT2D eigenvalue weighted by Crippen LogP contribution is 2.47. The van der Waals surface area contributed by atoms with Gasteiger partial charge in [-0.25, -0.2) is 0 Å². The van der Waals surface area contributed by atoms with Gasteiger partial charge in [0.15, 0.2) is 0 Å². The Kier molecular flexibility index (Phi) is 3.34. The van der Waals surface area contributed by atoms with Gasteiger partial charge in [0.05, 0.1) is 30.1 Å². The molecular weight excluding hydrogens is 228 g/mol. The second kappa shape index (κ2) is 4.78. The van der Waals surface area contributed by atoms with Crippen LogP contribution in [0.2, 0.25) is 0 Å². The van der Waals surface area contributed by atoms with Gasteiger partial charge in [0.1, 0.15) is 6.10 Å². The van der Waals surface area contributed by atoms with Gasteiger partial charge in [-0.2, -0.15) is 10.5 Å². The van der Waals surface area contributed by atoms with Crippen LogP contribution < -0.4 is 0 Å². The largest absolute Gasteiger partial charge is 0.389 e. The van der Waals surface area contributed by atoms with Crippen LogP contribution in [0.15, 0.2) is 24.3 Å². The standard InChI is InChI=1S/C14H14N2O2/c15-7-4-12(17)13(18)10-2-1-3-11(8-10)14(9-16)5-6-14/h1-3,8,12-13,17-18H,4-6H2. The Morgan fingerprint density at radius 2 is 2.00 bits per heavy atom. The Balaban J connectivity index is 2.23. The first-order valence-electron chi connectivity index (χ1n) is 5.88. The summed E-state index contributed by atoms with van der Waals surface area (Å²) in [5.41, 5.74) is 1.03. The number of hydrogen-bond donors (Lipinski definition) is 2. The molecule has 0 heterocycles. The van der Waals surface area contributed by atoms with Crippen LogP contribution in [0.1, 0.15) is 36.5 Å². The second-order valence-corrected chi connectivity index (χ2v) is 4.69. The van der Waals surface area contributed by atoms with E-state index in [1.807, 2.05) is 12.1 Å². The fraction of sp³-hybridized carbons (Fsp3) is 0.429. The monoisotopic (exact) mass is 242 g/mol. The van der Waals surface area contributed by atoms with Crippen LogP contribution in [0, 0.1) is 22.7 Å². The van der Waals surface area contributed by atoms with Crippen LogP contribution in [0.3, 0.4) is 0 Å². The average Bonchev–Trinajstić information content (AvgIpc) is 3.19. The molecule has 0 bridgehead atoms. The molecule has 1 aromatic rings. The molecule has 4 nitrogen and oxygen atoms in total. The van der Waals surface area contributed by atoms with E-state index in [9.17, 15) is 10.2 Å². The topological polar surface area (TPSA) is 88.0 Å². The van der Waals surface area contributed by atoms with E-state index in [4.69, 9.17) is 10.5 Å². The predicted octanol–water partition coefficient (Wildman–Crippen LogP) is 1.55. The van der Waals surface area contributed by atoms with Crippen LogP contribution in [0.25, 0.3) is 0 Å². The summed E-state index contributed by atoms with van der Waals surface area (Å²) in [4.78, 5) is 0. The van der Waals surface area contributed by atoms with Gasteiger partial charge in [-0.3, -0.25) is 0 Å². The fourth-order valence-corrected chi connectivity index (χ4v) is 2.04. The van der Waals surface area contributed by atoms with Gasteiger partial charge < -0.3 is 10.2 Å². The smallest absolute Gasteiger partial charge is 0.106 e. The molecule has 92 valence electrons. The molecule has 1 aliphatic rings. The van der Waals surface area contributed by atoms with Crippen molar-refractivity contribution in [3.63, 3.8) is 0 Å². The van der Waals surface area contributed by atoms with Crippen LogP contribution in [0.5, 0.6) is 0 Å². The molecule has 0 saturated heterocycles. The lowest BCUT2D eigenvalue weighted by atomic mass is 9.93. The van der Waals surface area contributed by atoms with Crippen molar-refractivity contribution >= 4 is 0 Å². The molecule has 2 unspecified atom stereocenters. The van der Waals surface area contributed by atoms with E-state index in [-0.39, 0.29) is 6.42 Å². The number of rotatable bonds is 4. The normalized spacial score (nSPS) is 19.3. The van der Waals surface area contributed by atoms with Crippen molar-refractivity contribution in [2.24, 2.45) is 0 Å². The van der Waals surface area contributed by atoms with Gasteiger partial charge >= 0.3 is 0 Å². The van der Waals surface area contributed by atoms with Crippen molar-refractivity contribution in [3.8, 4) is 12.1 Å². The fourth-order valence-electron chi connectivity index (χ4n) is 2.04. The summed E-state index contributed by atoms with van der Waals surface area (Å²) < 4.78 is 0. The Bertz CT molecular complexity index is 523. The molecule has 1 aliphatic carbocycles. The highest BCUT2D eigenvalue weighted by atomic mass is 16.3. The van der Waals surface area contributed by atoms with E-state index in [1.165, 1.54) is 0 Å². The van der Waals surface area contributed by atoms with Crippen molar-refractivity contribution in [1.82, 2.24) is 0 Å². The Labute approximate surface area is 106 Å². The van der Waals surface area contributed by atoms with E-state index >= 15 is 0 Å². The maximum absolute atomic E-state index is 9.92. The quantitative estimate of drug-likeness (QED) is 0.838. The molecule has 0 aromatic heterocycles. The molecule has 2 atom stereocenters. The summed E-state index contributed by atoms with van der Waals surface area (Å²) in [5.74, 6) is 0. The highest BCUT2D eigenvalue weighted by Gasteiger charge is 2.45. The van der Waals surface area contributed by atoms with Crippen molar-refractivity contribution in [3.05, 3.63) is 35.4 Å². The number of nitriles is 2. The number of aliphatic hydroxyl groups is 2. The SMILES string of the molecule is N#CCC(O)C(O)c1cccc(C2(C#N)CC2)c1. The van der Waals surface area contributed by atoms with E-state index in [0.29, 0.717) is 5.56 Å². The van der Waals surface area contributed by atoms with Gasteiger partial charge in [0.2, 0.25) is 0 Å². The number of aliphatic hydroxyl groups excluding tert-OH is 2. The lowest BCUT2D eigenvalue weighted by molar-refractivity contribution is 0.0216. The second-order valence-electron chi connectivity index (χ2n) is 4.69. The zero-order valence-electron chi connectivity index (χ0n) is 9.87.